The van der Waals surface area contributed by atoms with Crippen molar-refractivity contribution in [3.8, 4) is 5.75 Å². The Balaban J connectivity index is 1.58. The molecule has 1 aromatic carbocycles. The van der Waals surface area contributed by atoms with E-state index < -0.39 is 10.0 Å². The SMILES string of the molecule is COc1ccc(CC(=O)N2CCCN(S(=O)(=O)C3CCCC3)CC2)cc1. The molecule has 0 spiro atoms. The summed E-state index contributed by atoms with van der Waals surface area (Å²) in [6.07, 6.45) is 4.59. The van der Waals surface area contributed by atoms with Crippen molar-refractivity contribution < 1.29 is 17.9 Å². The lowest BCUT2D eigenvalue weighted by Crippen LogP contribution is -2.41. The molecule has 1 amide bonds. The van der Waals surface area contributed by atoms with Gasteiger partial charge >= 0.3 is 0 Å². The van der Waals surface area contributed by atoms with Crippen LogP contribution in [-0.2, 0) is 21.2 Å². The third-order valence-corrected chi connectivity index (χ3v) is 7.80. The predicted octanol–water partition coefficient (Wildman–Crippen LogP) is 2.04. The van der Waals surface area contributed by atoms with Crippen LogP contribution in [0.2, 0.25) is 0 Å². The summed E-state index contributed by atoms with van der Waals surface area (Å²) in [5.74, 6) is 0.819. The fourth-order valence-corrected chi connectivity index (χ4v) is 5.89. The molecule has 0 bridgehead atoms. The van der Waals surface area contributed by atoms with E-state index in [1.165, 1.54) is 0 Å². The van der Waals surface area contributed by atoms with Gasteiger partial charge in [-0.25, -0.2) is 8.42 Å². The van der Waals surface area contributed by atoms with Crippen LogP contribution in [0, 0.1) is 0 Å². The summed E-state index contributed by atoms with van der Waals surface area (Å²) in [5, 5.41) is -0.218. The van der Waals surface area contributed by atoms with Crippen LogP contribution in [0.3, 0.4) is 0 Å². The van der Waals surface area contributed by atoms with Crippen LogP contribution in [0.1, 0.15) is 37.7 Å². The number of benzene rings is 1. The molecule has 2 fully saturated rings. The summed E-state index contributed by atoms with van der Waals surface area (Å²) in [6.45, 7) is 2.02. The summed E-state index contributed by atoms with van der Waals surface area (Å²) in [6, 6.07) is 7.48. The van der Waals surface area contributed by atoms with Crippen molar-refractivity contribution >= 4 is 15.9 Å². The van der Waals surface area contributed by atoms with Crippen molar-refractivity contribution in [2.75, 3.05) is 33.3 Å². The van der Waals surface area contributed by atoms with Gasteiger partial charge in [-0.05, 0) is 37.0 Å². The van der Waals surface area contributed by atoms with E-state index in [9.17, 15) is 13.2 Å². The Hall–Kier alpha value is -1.60. The molecule has 0 unspecified atom stereocenters. The van der Waals surface area contributed by atoms with Crippen LogP contribution >= 0.6 is 0 Å². The highest BCUT2D eigenvalue weighted by Gasteiger charge is 2.35. The summed E-state index contributed by atoms with van der Waals surface area (Å²) in [5.41, 5.74) is 0.940. The van der Waals surface area contributed by atoms with Gasteiger partial charge in [-0.1, -0.05) is 25.0 Å². The van der Waals surface area contributed by atoms with E-state index >= 15 is 0 Å². The number of methoxy groups -OCH3 is 1. The van der Waals surface area contributed by atoms with Crippen LogP contribution < -0.4 is 4.74 Å². The zero-order chi connectivity index (χ0) is 18.6. The third kappa shape index (κ3) is 4.38. The topological polar surface area (TPSA) is 66.9 Å². The van der Waals surface area contributed by atoms with Crippen molar-refractivity contribution in [2.24, 2.45) is 0 Å². The van der Waals surface area contributed by atoms with E-state index in [1.807, 2.05) is 24.3 Å². The Morgan fingerprint density at radius 3 is 2.38 bits per heavy atom. The Labute approximate surface area is 156 Å². The molecule has 1 aliphatic heterocycles. The molecular weight excluding hydrogens is 352 g/mol. The van der Waals surface area contributed by atoms with E-state index in [0.717, 1.165) is 37.0 Å². The fourth-order valence-electron chi connectivity index (χ4n) is 3.82. The molecule has 1 heterocycles. The molecule has 2 aliphatic rings. The van der Waals surface area contributed by atoms with Gasteiger partial charge in [0.05, 0.1) is 18.8 Å². The van der Waals surface area contributed by atoms with Crippen LogP contribution in [-0.4, -0.2) is 62.1 Å². The number of carbonyl (C=O) groups excluding carboxylic acids is 1. The molecule has 7 heteroatoms. The summed E-state index contributed by atoms with van der Waals surface area (Å²) in [4.78, 5) is 14.4. The van der Waals surface area contributed by atoms with Gasteiger partial charge in [0, 0.05) is 26.2 Å². The van der Waals surface area contributed by atoms with Gasteiger partial charge in [-0.15, -0.1) is 0 Å². The van der Waals surface area contributed by atoms with Gasteiger partial charge in [0.25, 0.3) is 0 Å². The Bertz CT molecular complexity index is 712. The number of hydrogen-bond donors (Lipinski definition) is 0. The molecule has 1 aliphatic carbocycles. The van der Waals surface area contributed by atoms with Gasteiger partial charge < -0.3 is 9.64 Å². The van der Waals surface area contributed by atoms with Crippen molar-refractivity contribution in [3.05, 3.63) is 29.8 Å². The first-order valence-electron chi connectivity index (χ1n) is 9.40. The molecule has 1 aromatic rings. The van der Waals surface area contributed by atoms with Gasteiger partial charge in [-0.2, -0.15) is 4.31 Å². The number of carbonyl (C=O) groups is 1. The molecule has 1 saturated carbocycles. The molecule has 0 atom stereocenters. The lowest BCUT2D eigenvalue weighted by molar-refractivity contribution is -0.130. The quantitative estimate of drug-likeness (QED) is 0.784. The first-order valence-corrected chi connectivity index (χ1v) is 10.9. The standard InChI is InChI=1S/C19H28N2O4S/c1-25-17-9-7-16(8-10-17)15-19(22)20-11-4-12-21(14-13-20)26(23,24)18-5-2-3-6-18/h7-10,18H,2-6,11-15H2,1H3. The molecule has 6 nitrogen and oxygen atoms in total. The van der Waals surface area contributed by atoms with Crippen molar-refractivity contribution in [2.45, 2.75) is 43.8 Å². The molecule has 0 radical (unpaired) electrons. The maximum Gasteiger partial charge on any atom is 0.227 e. The summed E-state index contributed by atoms with van der Waals surface area (Å²) >= 11 is 0. The molecular formula is C19H28N2O4S. The van der Waals surface area contributed by atoms with Crippen molar-refractivity contribution in [1.29, 1.82) is 0 Å². The number of nitrogens with zero attached hydrogens (tertiary/aromatic N) is 2. The Morgan fingerprint density at radius 2 is 1.73 bits per heavy atom. The Kier molecular flexibility index (Phi) is 6.19. The van der Waals surface area contributed by atoms with Gasteiger partial charge in [0.2, 0.25) is 15.9 Å². The van der Waals surface area contributed by atoms with E-state index in [0.29, 0.717) is 39.0 Å². The minimum Gasteiger partial charge on any atom is -0.497 e. The zero-order valence-electron chi connectivity index (χ0n) is 15.4. The van der Waals surface area contributed by atoms with Crippen LogP contribution in [0.5, 0.6) is 5.75 Å². The van der Waals surface area contributed by atoms with E-state index in [1.54, 1.807) is 16.3 Å². The zero-order valence-corrected chi connectivity index (χ0v) is 16.2. The number of ether oxygens (including phenoxy) is 1. The molecule has 26 heavy (non-hydrogen) atoms. The lowest BCUT2D eigenvalue weighted by atomic mass is 10.1. The van der Waals surface area contributed by atoms with Crippen LogP contribution in [0.4, 0.5) is 0 Å². The normalized spacial score (nSPS) is 20.1. The number of amides is 1. The van der Waals surface area contributed by atoms with Crippen LogP contribution in [0.15, 0.2) is 24.3 Å². The second-order valence-electron chi connectivity index (χ2n) is 7.11. The number of sulfonamides is 1. The summed E-state index contributed by atoms with van der Waals surface area (Å²) < 4.78 is 32.3. The van der Waals surface area contributed by atoms with Crippen molar-refractivity contribution in [3.63, 3.8) is 0 Å². The average Bonchev–Trinajstić information content (AvgIpc) is 3.07. The maximum absolute atomic E-state index is 12.8. The smallest absolute Gasteiger partial charge is 0.227 e. The van der Waals surface area contributed by atoms with Gasteiger partial charge in [-0.3, -0.25) is 4.79 Å². The van der Waals surface area contributed by atoms with E-state index in [2.05, 4.69) is 0 Å². The minimum absolute atomic E-state index is 0.0512. The van der Waals surface area contributed by atoms with E-state index in [4.69, 9.17) is 4.74 Å². The van der Waals surface area contributed by atoms with Gasteiger partial charge in [0.15, 0.2) is 0 Å². The third-order valence-electron chi connectivity index (χ3n) is 5.41. The first-order chi connectivity index (χ1) is 12.5. The van der Waals surface area contributed by atoms with Gasteiger partial charge in [0.1, 0.15) is 5.75 Å². The fraction of sp³-hybridized carbons (Fsp3) is 0.632. The average molecular weight is 381 g/mol. The lowest BCUT2D eigenvalue weighted by Gasteiger charge is -2.24. The second-order valence-corrected chi connectivity index (χ2v) is 9.32. The summed E-state index contributed by atoms with van der Waals surface area (Å²) in [7, 11) is -1.61. The second kappa shape index (κ2) is 8.39. The monoisotopic (exact) mass is 380 g/mol. The highest BCUT2D eigenvalue weighted by molar-refractivity contribution is 7.89. The highest BCUT2D eigenvalue weighted by atomic mass is 32.2. The predicted molar refractivity (Wildman–Crippen MR) is 101 cm³/mol. The molecule has 3 rings (SSSR count). The minimum atomic E-state index is -3.22. The van der Waals surface area contributed by atoms with Crippen molar-refractivity contribution in [1.82, 2.24) is 9.21 Å². The number of rotatable bonds is 5. The highest BCUT2D eigenvalue weighted by Crippen LogP contribution is 2.27. The maximum atomic E-state index is 12.8. The largest absolute Gasteiger partial charge is 0.497 e. The molecule has 144 valence electrons. The Morgan fingerprint density at radius 1 is 1.04 bits per heavy atom. The molecule has 0 N–H and O–H groups in total. The molecule has 0 aromatic heterocycles. The first kappa shape index (κ1) is 19.2. The van der Waals surface area contributed by atoms with Crippen LogP contribution in [0.25, 0.3) is 0 Å². The molecule has 1 saturated heterocycles. The number of hydrogen-bond acceptors (Lipinski definition) is 4. The van der Waals surface area contributed by atoms with E-state index in [-0.39, 0.29) is 11.2 Å².